The van der Waals surface area contributed by atoms with E-state index in [0.29, 0.717) is 4.90 Å². The van der Waals surface area contributed by atoms with Crippen LogP contribution in [0.5, 0.6) is 0 Å². The summed E-state index contributed by atoms with van der Waals surface area (Å²) in [5, 5.41) is 11.5. The lowest BCUT2D eigenvalue weighted by molar-refractivity contribution is -0.114. The Balaban J connectivity index is 2.75. The van der Waals surface area contributed by atoms with Gasteiger partial charge < -0.3 is 10.4 Å². The normalized spacial score (nSPS) is 14.2. The number of aliphatic hydroxyl groups excluding tert-OH is 1. The van der Waals surface area contributed by atoms with E-state index in [-0.39, 0.29) is 37.2 Å². The van der Waals surface area contributed by atoms with E-state index >= 15 is 0 Å². The van der Waals surface area contributed by atoms with Gasteiger partial charge in [0, 0.05) is 6.54 Å². The van der Waals surface area contributed by atoms with Gasteiger partial charge in [0.25, 0.3) is 5.56 Å². The molecular formula is C10H13N3O4S. The topological polar surface area (TPSA) is 93.3 Å². The fourth-order valence-corrected chi connectivity index (χ4v) is 2.70. The summed E-state index contributed by atoms with van der Waals surface area (Å²) in [6.07, 6.45) is 0. The van der Waals surface area contributed by atoms with Crippen molar-refractivity contribution in [2.24, 2.45) is 0 Å². The van der Waals surface area contributed by atoms with Crippen LogP contribution in [0.3, 0.4) is 0 Å². The second-order valence-corrected chi connectivity index (χ2v) is 4.71. The molecule has 1 aliphatic rings. The molecule has 0 unspecified atom stereocenters. The van der Waals surface area contributed by atoms with Crippen molar-refractivity contribution in [3.8, 4) is 0 Å². The first-order chi connectivity index (χ1) is 8.60. The molecule has 2 N–H and O–H groups in total. The molecular weight excluding hydrogens is 258 g/mol. The molecule has 1 aliphatic heterocycles. The lowest BCUT2D eigenvalue weighted by atomic mass is 10.4. The first-order valence-corrected chi connectivity index (χ1v) is 6.49. The quantitative estimate of drug-likeness (QED) is 0.740. The van der Waals surface area contributed by atoms with E-state index in [0.717, 1.165) is 16.3 Å². The van der Waals surface area contributed by atoms with Gasteiger partial charge in [-0.1, -0.05) is 0 Å². The highest BCUT2D eigenvalue weighted by molar-refractivity contribution is 8.00. The van der Waals surface area contributed by atoms with Crippen molar-refractivity contribution in [1.29, 1.82) is 0 Å². The zero-order valence-corrected chi connectivity index (χ0v) is 10.6. The van der Waals surface area contributed by atoms with Crippen LogP contribution in [0, 0.1) is 0 Å². The highest BCUT2D eigenvalue weighted by Gasteiger charge is 2.24. The molecule has 0 fully saturated rings. The zero-order valence-electron chi connectivity index (χ0n) is 9.80. The van der Waals surface area contributed by atoms with Crippen LogP contribution in [-0.4, -0.2) is 32.5 Å². The Morgan fingerprint density at radius 2 is 2.06 bits per heavy atom. The molecule has 0 aromatic carbocycles. The van der Waals surface area contributed by atoms with Gasteiger partial charge in [-0.05, 0) is 6.92 Å². The first kappa shape index (κ1) is 12.9. The molecule has 1 aromatic rings. The fourth-order valence-electron chi connectivity index (χ4n) is 1.82. The molecule has 1 aromatic heterocycles. The number of anilines is 1. The highest BCUT2D eigenvalue weighted by Crippen LogP contribution is 2.26. The van der Waals surface area contributed by atoms with Crippen molar-refractivity contribution in [3.05, 3.63) is 20.8 Å². The summed E-state index contributed by atoms with van der Waals surface area (Å²) in [6.45, 7) is 1.76. The average molecular weight is 271 g/mol. The molecule has 2 heterocycles. The second kappa shape index (κ2) is 4.99. The Labute approximate surface area is 106 Å². The van der Waals surface area contributed by atoms with Gasteiger partial charge in [-0.25, -0.2) is 4.79 Å². The Hall–Kier alpha value is -1.54. The fraction of sp³-hybridized carbons (Fsp3) is 0.500. The van der Waals surface area contributed by atoms with Gasteiger partial charge in [0.2, 0.25) is 5.91 Å². The number of aromatic nitrogens is 2. The third kappa shape index (κ3) is 1.97. The SMILES string of the molecule is CCn1c(=O)c2c(n(CCO)c1=O)NC(=O)CS2. The van der Waals surface area contributed by atoms with Gasteiger partial charge >= 0.3 is 5.69 Å². The number of thioether (sulfide) groups is 1. The molecule has 0 aliphatic carbocycles. The average Bonchev–Trinajstić information content (AvgIpc) is 2.35. The van der Waals surface area contributed by atoms with Crippen molar-refractivity contribution in [3.63, 3.8) is 0 Å². The minimum atomic E-state index is -0.516. The summed E-state index contributed by atoms with van der Waals surface area (Å²) < 4.78 is 2.32. The second-order valence-electron chi connectivity index (χ2n) is 3.72. The Kier molecular flexibility index (Phi) is 3.58. The number of fused-ring (bicyclic) bond motifs is 1. The third-order valence-corrected chi connectivity index (χ3v) is 3.69. The van der Waals surface area contributed by atoms with Crippen molar-refractivity contribution in [1.82, 2.24) is 9.13 Å². The predicted octanol–water partition coefficient (Wildman–Crippen LogP) is -0.934. The molecule has 18 heavy (non-hydrogen) atoms. The van der Waals surface area contributed by atoms with Crippen LogP contribution >= 0.6 is 11.8 Å². The van der Waals surface area contributed by atoms with E-state index in [4.69, 9.17) is 5.11 Å². The molecule has 1 amide bonds. The largest absolute Gasteiger partial charge is 0.395 e. The molecule has 2 rings (SSSR count). The number of nitrogens with one attached hydrogen (secondary N) is 1. The molecule has 0 atom stereocenters. The monoisotopic (exact) mass is 271 g/mol. The minimum absolute atomic E-state index is 0.0439. The molecule has 8 heteroatoms. The Morgan fingerprint density at radius 3 is 2.67 bits per heavy atom. The summed E-state index contributed by atoms with van der Waals surface area (Å²) >= 11 is 1.11. The molecule has 0 saturated heterocycles. The van der Waals surface area contributed by atoms with Crippen LogP contribution in [0.2, 0.25) is 0 Å². The van der Waals surface area contributed by atoms with E-state index in [9.17, 15) is 14.4 Å². The van der Waals surface area contributed by atoms with Crippen LogP contribution in [0.4, 0.5) is 5.82 Å². The van der Waals surface area contributed by atoms with Gasteiger partial charge in [0.05, 0.1) is 18.9 Å². The number of carbonyl (C=O) groups excluding carboxylic acids is 1. The minimum Gasteiger partial charge on any atom is -0.395 e. The van der Waals surface area contributed by atoms with E-state index < -0.39 is 11.2 Å². The van der Waals surface area contributed by atoms with Crippen molar-refractivity contribution >= 4 is 23.5 Å². The van der Waals surface area contributed by atoms with Gasteiger partial charge in [-0.2, -0.15) is 0 Å². The van der Waals surface area contributed by atoms with Crippen LogP contribution in [0.15, 0.2) is 14.5 Å². The molecule has 0 bridgehead atoms. The highest BCUT2D eigenvalue weighted by atomic mass is 32.2. The first-order valence-electron chi connectivity index (χ1n) is 5.51. The van der Waals surface area contributed by atoms with Gasteiger partial charge in [-0.15, -0.1) is 11.8 Å². The summed E-state index contributed by atoms with van der Waals surface area (Å²) in [4.78, 5) is 35.8. The molecule has 98 valence electrons. The van der Waals surface area contributed by atoms with E-state index in [1.54, 1.807) is 6.92 Å². The van der Waals surface area contributed by atoms with Crippen LogP contribution in [0.25, 0.3) is 0 Å². The summed E-state index contributed by atoms with van der Waals surface area (Å²) in [6, 6.07) is 0. The van der Waals surface area contributed by atoms with E-state index in [1.165, 1.54) is 4.57 Å². The van der Waals surface area contributed by atoms with Gasteiger partial charge in [-0.3, -0.25) is 18.7 Å². The lowest BCUT2D eigenvalue weighted by Gasteiger charge is -2.21. The van der Waals surface area contributed by atoms with Crippen molar-refractivity contribution in [2.45, 2.75) is 24.9 Å². The molecule has 7 nitrogen and oxygen atoms in total. The number of aliphatic hydroxyl groups is 1. The maximum Gasteiger partial charge on any atom is 0.332 e. The Morgan fingerprint density at radius 1 is 1.33 bits per heavy atom. The molecule has 0 radical (unpaired) electrons. The number of rotatable bonds is 3. The van der Waals surface area contributed by atoms with Crippen LogP contribution in [0.1, 0.15) is 6.92 Å². The number of carbonyl (C=O) groups is 1. The third-order valence-electron chi connectivity index (χ3n) is 2.63. The zero-order chi connectivity index (χ0) is 13.3. The smallest absolute Gasteiger partial charge is 0.332 e. The molecule has 0 spiro atoms. The number of nitrogens with zero attached hydrogens (tertiary/aromatic N) is 2. The predicted molar refractivity (Wildman–Crippen MR) is 67.1 cm³/mol. The lowest BCUT2D eigenvalue weighted by Crippen LogP contribution is -2.44. The van der Waals surface area contributed by atoms with Crippen molar-refractivity contribution in [2.75, 3.05) is 17.7 Å². The number of hydrogen-bond donors (Lipinski definition) is 2. The number of hydrogen-bond acceptors (Lipinski definition) is 5. The van der Waals surface area contributed by atoms with Crippen LogP contribution in [-0.2, 0) is 17.9 Å². The van der Waals surface area contributed by atoms with Gasteiger partial charge in [0.1, 0.15) is 10.7 Å². The van der Waals surface area contributed by atoms with Crippen LogP contribution < -0.4 is 16.6 Å². The summed E-state index contributed by atoms with van der Waals surface area (Å²) in [5.74, 6) is 0.0979. The number of amides is 1. The van der Waals surface area contributed by atoms with Gasteiger partial charge in [0.15, 0.2) is 0 Å². The van der Waals surface area contributed by atoms with E-state index in [2.05, 4.69) is 5.32 Å². The molecule has 0 saturated carbocycles. The van der Waals surface area contributed by atoms with E-state index in [1.807, 2.05) is 0 Å². The summed E-state index contributed by atoms with van der Waals surface area (Å²) in [5.41, 5.74) is -0.908. The maximum atomic E-state index is 12.0. The maximum absolute atomic E-state index is 12.0. The van der Waals surface area contributed by atoms with Crippen molar-refractivity contribution < 1.29 is 9.90 Å². The standard InChI is InChI=1S/C10H13N3O4S/c1-2-12-9(16)7-8(11-6(15)5-18-7)13(3-4-14)10(12)17/h14H,2-5H2,1H3,(H,11,15). The Bertz CT molecular complexity index is 604. The summed E-state index contributed by atoms with van der Waals surface area (Å²) in [7, 11) is 0.